The lowest BCUT2D eigenvalue weighted by Crippen LogP contribution is -2.43. The number of anilines is 1. The molecule has 1 atom stereocenters. The maximum Gasteiger partial charge on any atom is 0.255 e. The number of amides is 1. The Balaban J connectivity index is 1.34. The summed E-state index contributed by atoms with van der Waals surface area (Å²) in [4.78, 5) is 31.7. The van der Waals surface area contributed by atoms with Crippen LogP contribution >= 0.6 is 22.7 Å². The summed E-state index contributed by atoms with van der Waals surface area (Å²) >= 11 is 2.54. The fraction of sp³-hybridized carbons (Fsp3) is 0.350. The molecule has 0 spiro atoms. The van der Waals surface area contributed by atoms with Crippen LogP contribution in [0.25, 0.3) is 10.2 Å². The number of primary sulfonamides is 1. The van der Waals surface area contributed by atoms with Crippen LogP contribution in [0.5, 0.6) is 0 Å². The van der Waals surface area contributed by atoms with Gasteiger partial charge in [0.05, 0.1) is 16.3 Å². The van der Waals surface area contributed by atoms with Gasteiger partial charge in [-0.3, -0.25) is 9.59 Å². The van der Waals surface area contributed by atoms with Gasteiger partial charge in [0, 0.05) is 19.6 Å². The van der Waals surface area contributed by atoms with Gasteiger partial charge in [0.25, 0.3) is 4.74 Å². The van der Waals surface area contributed by atoms with E-state index >= 15 is 0 Å². The van der Waals surface area contributed by atoms with E-state index in [0.717, 1.165) is 36.3 Å². The van der Waals surface area contributed by atoms with Crippen molar-refractivity contribution in [1.29, 1.82) is 0 Å². The number of rotatable bonds is 6. The van der Waals surface area contributed by atoms with Gasteiger partial charge in [0.15, 0.2) is 5.13 Å². The Morgan fingerprint density at radius 1 is 1.26 bits per heavy atom. The third-order valence-corrected chi connectivity index (χ3v) is 8.14. The summed E-state index contributed by atoms with van der Waals surface area (Å²) in [6, 6.07) is 8.18. The Morgan fingerprint density at radius 2 is 2.03 bits per heavy atom. The van der Waals surface area contributed by atoms with Crippen molar-refractivity contribution >= 4 is 54.0 Å². The molecule has 2 aromatic heterocycles. The van der Waals surface area contributed by atoms with Crippen molar-refractivity contribution in [3.63, 3.8) is 0 Å². The van der Waals surface area contributed by atoms with E-state index in [9.17, 15) is 18.0 Å². The molecule has 1 fully saturated rings. The van der Waals surface area contributed by atoms with Gasteiger partial charge < -0.3 is 10.2 Å². The van der Waals surface area contributed by atoms with Gasteiger partial charge >= 0.3 is 0 Å². The number of thiophene rings is 1. The fourth-order valence-electron chi connectivity index (χ4n) is 3.62. The van der Waals surface area contributed by atoms with E-state index < -0.39 is 10.0 Å². The minimum absolute atomic E-state index is 0.00929. The normalized spacial score (nSPS) is 17.1. The predicted octanol–water partition coefficient (Wildman–Crippen LogP) is 1.94. The van der Waals surface area contributed by atoms with Crippen molar-refractivity contribution in [2.45, 2.75) is 24.2 Å². The molecule has 3 aromatic rings. The quantitative estimate of drug-likeness (QED) is 0.558. The second-order valence-electron chi connectivity index (χ2n) is 7.43. The molecule has 164 valence electrons. The van der Waals surface area contributed by atoms with E-state index in [1.165, 1.54) is 23.5 Å². The van der Waals surface area contributed by atoms with E-state index in [1.807, 2.05) is 16.3 Å². The largest absolute Gasteiger partial charge is 0.355 e. The first kappa shape index (κ1) is 21.9. The number of piperidine rings is 1. The van der Waals surface area contributed by atoms with Gasteiger partial charge in [0.2, 0.25) is 15.9 Å². The molecule has 0 radical (unpaired) electrons. The monoisotopic (exact) mass is 478 g/mol. The number of carbonyl (C=O) groups excluding carboxylic acids is 1. The highest BCUT2D eigenvalue weighted by Crippen LogP contribution is 2.26. The fourth-order valence-corrected chi connectivity index (χ4v) is 5.87. The van der Waals surface area contributed by atoms with Crippen LogP contribution in [-0.2, 0) is 21.2 Å². The molecule has 11 heteroatoms. The smallest absolute Gasteiger partial charge is 0.255 e. The lowest BCUT2D eigenvalue weighted by molar-refractivity contribution is -0.125. The first-order valence-corrected chi connectivity index (χ1v) is 13.1. The topological polar surface area (TPSA) is 122 Å². The van der Waals surface area contributed by atoms with E-state index in [1.54, 1.807) is 12.1 Å². The zero-order valence-corrected chi connectivity index (χ0v) is 19.1. The highest BCUT2D eigenvalue weighted by molar-refractivity contribution is 7.89. The van der Waals surface area contributed by atoms with Gasteiger partial charge in [-0.1, -0.05) is 23.5 Å². The van der Waals surface area contributed by atoms with Gasteiger partial charge in [-0.2, -0.15) is 0 Å². The summed E-state index contributed by atoms with van der Waals surface area (Å²) < 4.78 is 23.3. The average molecular weight is 479 g/mol. The molecule has 0 bridgehead atoms. The number of carbonyl (C=O) groups is 1. The number of aromatic nitrogens is 1. The van der Waals surface area contributed by atoms with Crippen LogP contribution in [0.15, 0.2) is 45.4 Å². The molecule has 3 heterocycles. The molecule has 0 aliphatic carbocycles. The Bertz CT molecular complexity index is 1250. The van der Waals surface area contributed by atoms with Crippen molar-refractivity contribution in [1.82, 2.24) is 10.3 Å². The van der Waals surface area contributed by atoms with Crippen LogP contribution in [0.3, 0.4) is 0 Å². The Hall–Kier alpha value is -2.34. The maximum absolute atomic E-state index is 12.7. The molecule has 4 rings (SSSR count). The number of nitrogens with two attached hydrogens (primary N) is 1. The maximum atomic E-state index is 12.7. The second-order valence-corrected chi connectivity index (χ2v) is 10.9. The Kier molecular flexibility index (Phi) is 6.37. The highest BCUT2D eigenvalue weighted by Gasteiger charge is 2.27. The Morgan fingerprint density at radius 3 is 2.77 bits per heavy atom. The van der Waals surface area contributed by atoms with E-state index in [4.69, 9.17) is 5.14 Å². The van der Waals surface area contributed by atoms with Crippen molar-refractivity contribution in [2.24, 2.45) is 11.1 Å². The molecule has 1 saturated heterocycles. The number of sulfonamides is 1. The zero-order valence-electron chi connectivity index (χ0n) is 16.6. The molecule has 1 amide bonds. The number of nitrogens with one attached hydrogen (secondary N) is 1. The minimum atomic E-state index is -3.71. The van der Waals surface area contributed by atoms with Crippen molar-refractivity contribution in [3.05, 3.63) is 50.8 Å². The highest BCUT2D eigenvalue weighted by atomic mass is 32.2. The lowest BCUT2D eigenvalue weighted by Gasteiger charge is -2.32. The number of fused-ring (bicyclic) bond motifs is 1. The SMILES string of the molecule is NS(=O)(=O)c1ccc(CCNC(=O)C2CCCN(c3nc4ccsc4c(=O)s3)C2)cc1. The van der Waals surface area contributed by atoms with Gasteiger partial charge in [-0.15, -0.1) is 11.3 Å². The zero-order chi connectivity index (χ0) is 22.0. The van der Waals surface area contributed by atoms with Crippen LogP contribution in [0.2, 0.25) is 0 Å². The number of benzene rings is 1. The van der Waals surface area contributed by atoms with Crippen LogP contribution in [-0.4, -0.2) is 38.9 Å². The molecule has 31 heavy (non-hydrogen) atoms. The van der Waals surface area contributed by atoms with Crippen molar-refractivity contribution in [3.8, 4) is 0 Å². The molecule has 0 saturated carbocycles. The lowest BCUT2D eigenvalue weighted by atomic mass is 9.97. The van der Waals surface area contributed by atoms with E-state index in [0.29, 0.717) is 34.9 Å². The van der Waals surface area contributed by atoms with Crippen LogP contribution < -0.4 is 20.1 Å². The van der Waals surface area contributed by atoms with Crippen molar-refractivity contribution in [2.75, 3.05) is 24.5 Å². The van der Waals surface area contributed by atoms with Crippen LogP contribution in [0.1, 0.15) is 18.4 Å². The molecule has 1 aromatic carbocycles. The summed E-state index contributed by atoms with van der Waals surface area (Å²) in [5.74, 6) is -0.185. The molecule has 8 nitrogen and oxygen atoms in total. The van der Waals surface area contributed by atoms with Gasteiger partial charge in [-0.25, -0.2) is 18.5 Å². The van der Waals surface area contributed by atoms with E-state index in [2.05, 4.69) is 10.3 Å². The summed E-state index contributed by atoms with van der Waals surface area (Å²) in [5.41, 5.74) is 1.62. The summed E-state index contributed by atoms with van der Waals surface area (Å²) in [7, 11) is -3.71. The molecular formula is C20H22N4O4S3. The number of hydrogen-bond donors (Lipinski definition) is 2. The van der Waals surface area contributed by atoms with Crippen LogP contribution in [0, 0.1) is 5.92 Å². The van der Waals surface area contributed by atoms with E-state index in [-0.39, 0.29) is 21.5 Å². The second kappa shape index (κ2) is 9.03. The van der Waals surface area contributed by atoms with Crippen molar-refractivity contribution < 1.29 is 13.2 Å². The molecule has 1 aliphatic rings. The first-order valence-electron chi connectivity index (χ1n) is 9.84. The number of hydrogen-bond acceptors (Lipinski definition) is 8. The first-order chi connectivity index (χ1) is 14.8. The summed E-state index contributed by atoms with van der Waals surface area (Å²) in [6.45, 7) is 1.77. The third-order valence-electron chi connectivity index (χ3n) is 5.26. The molecular weight excluding hydrogens is 456 g/mol. The van der Waals surface area contributed by atoms with Gasteiger partial charge in [-0.05, 0) is 48.4 Å². The molecule has 3 N–H and O–H groups in total. The Labute approximate surface area is 187 Å². The van der Waals surface area contributed by atoms with Gasteiger partial charge in [0.1, 0.15) is 4.70 Å². The summed E-state index contributed by atoms with van der Waals surface area (Å²) in [5, 5.41) is 10.6. The molecule has 1 aliphatic heterocycles. The average Bonchev–Trinajstić information content (AvgIpc) is 3.23. The predicted molar refractivity (Wildman–Crippen MR) is 123 cm³/mol. The van der Waals surface area contributed by atoms with Crippen LogP contribution in [0.4, 0.5) is 5.13 Å². The standard InChI is InChI=1S/C20H22N4O4S3/c21-31(27,28)15-5-3-13(4-6-15)7-9-22-18(25)14-2-1-10-24(12-14)20-23-16-8-11-29-17(16)19(26)30-20/h3-6,8,11,14H,1-2,7,9-10,12H2,(H,22,25)(H2,21,27,28). The molecule has 1 unspecified atom stereocenters. The third kappa shape index (κ3) is 5.12. The number of nitrogens with zero attached hydrogens (tertiary/aromatic N) is 2. The minimum Gasteiger partial charge on any atom is -0.355 e. The summed E-state index contributed by atoms with van der Waals surface area (Å²) in [6.07, 6.45) is 2.24.